The SMILES string of the molecule is Cl.FC[C@H](c1ccccc1C(F)(F)F)N1CCNCC1. The smallest absolute Gasteiger partial charge is 0.314 e. The van der Waals surface area contributed by atoms with Crippen LogP contribution >= 0.6 is 12.4 Å². The summed E-state index contributed by atoms with van der Waals surface area (Å²) in [5.74, 6) is 0. The van der Waals surface area contributed by atoms with Crippen LogP contribution in [0, 0.1) is 0 Å². The Morgan fingerprint density at radius 2 is 1.75 bits per heavy atom. The van der Waals surface area contributed by atoms with Crippen LogP contribution in [0.4, 0.5) is 17.6 Å². The first-order valence-electron chi connectivity index (χ1n) is 6.21. The average molecular weight is 313 g/mol. The molecule has 0 spiro atoms. The van der Waals surface area contributed by atoms with E-state index in [1.54, 1.807) is 4.90 Å². The largest absolute Gasteiger partial charge is 0.416 e. The van der Waals surface area contributed by atoms with Crippen LogP contribution < -0.4 is 5.32 Å². The average Bonchev–Trinajstić information content (AvgIpc) is 2.40. The third-order valence-electron chi connectivity index (χ3n) is 3.36. The highest BCUT2D eigenvalue weighted by Crippen LogP contribution is 2.36. The quantitative estimate of drug-likeness (QED) is 0.863. The zero-order chi connectivity index (χ0) is 13.9. The number of nitrogens with zero attached hydrogens (tertiary/aromatic N) is 1. The van der Waals surface area contributed by atoms with Gasteiger partial charge in [-0.1, -0.05) is 18.2 Å². The number of alkyl halides is 4. The van der Waals surface area contributed by atoms with Crippen molar-refractivity contribution in [3.8, 4) is 0 Å². The van der Waals surface area contributed by atoms with E-state index in [-0.39, 0.29) is 18.0 Å². The molecule has 20 heavy (non-hydrogen) atoms. The molecule has 7 heteroatoms. The van der Waals surface area contributed by atoms with Crippen molar-refractivity contribution in [2.24, 2.45) is 0 Å². The minimum absolute atomic E-state index is 0. The monoisotopic (exact) mass is 312 g/mol. The Bertz CT molecular complexity index is 419. The second kappa shape index (κ2) is 7.24. The molecule has 1 heterocycles. The van der Waals surface area contributed by atoms with Crippen molar-refractivity contribution in [2.75, 3.05) is 32.9 Å². The van der Waals surface area contributed by atoms with Crippen LogP contribution in [-0.4, -0.2) is 37.8 Å². The number of piperazine rings is 1. The maximum absolute atomic E-state index is 13.3. The van der Waals surface area contributed by atoms with Crippen molar-refractivity contribution in [1.29, 1.82) is 0 Å². The van der Waals surface area contributed by atoms with Crippen LogP contribution in [-0.2, 0) is 6.18 Å². The van der Waals surface area contributed by atoms with Gasteiger partial charge in [-0.25, -0.2) is 4.39 Å². The van der Waals surface area contributed by atoms with E-state index in [0.29, 0.717) is 26.2 Å². The first-order valence-corrected chi connectivity index (χ1v) is 6.21. The molecular formula is C13H17ClF4N2. The Balaban J connectivity index is 0.00000200. The second-order valence-electron chi connectivity index (χ2n) is 4.54. The van der Waals surface area contributed by atoms with E-state index in [0.717, 1.165) is 6.07 Å². The van der Waals surface area contributed by atoms with E-state index in [9.17, 15) is 17.6 Å². The molecule has 0 saturated carbocycles. The number of hydrogen-bond acceptors (Lipinski definition) is 2. The van der Waals surface area contributed by atoms with Crippen molar-refractivity contribution < 1.29 is 17.6 Å². The Kier molecular flexibility index (Phi) is 6.23. The van der Waals surface area contributed by atoms with Crippen molar-refractivity contribution in [2.45, 2.75) is 12.2 Å². The third kappa shape index (κ3) is 3.84. The van der Waals surface area contributed by atoms with Gasteiger partial charge in [0.15, 0.2) is 0 Å². The fourth-order valence-electron chi connectivity index (χ4n) is 2.42. The molecule has 1 atom stereocenters. The first kappa shape index (κ1) is 17.2. The second-order valence-corrected chi connectivity index (χ2v) is 4.54. The van der Waals surface area contributed by atoms with Crippen molar-refractivity contribution >= 4 is 12.4 Å². The van der Waals surface area contributed by atoms with Gasteiger partial charge in [0, 0.05) is 26.2 Å². The first-order chi connectivity index (χ1) is 9.04. The van der Waals surface area contributed by atoms with Crippen LogP contribution in [0.2, 0.25) is 0 Å². The lowest BCUT2D eigenvalue weighted by Crippen LogP contribution is -2.46. The van der Waals surface area contributed by atoms with E-state index >= 15 is 0 Å². The van der Waals surface area contributed by atoms with E-state index in [2.05, 4.69) is 5.32 Å². The van der Waals surface area contributed by atoms with Crippen LogP contribution in [0.25, 0.3) is 0 Å². The Labute approximate surface area is 121 Å². The Morgan fingerprint density at radius 3 is 2.30 bits per heavy atom. The molecule has 1 N–H and O–H groups in total. The lowest BCUT2D eigenvalue weighted by molar-refractivity contribution is -0.138. The van der Waals surface area contributed by atoms with Gasteiger partial charge < -0.3 is 5.32 Å². The fraction of sp³-hybridized carbons (Fsp3) is 0.538. The molecule has 1 saturated heterocycles. The molecule has 0 amide bonds. The van der Waals surface area contributed by atoms with E-state index in [4.69, 9.17) is 0 Å². The summed E-state index contributed by atoms with van der Waals surface area (Å²) in [6.07, 6.45) is -4.45. The van der Waals surface area contributed by atoms with E-state index in [1.165, 1.54) is 18.2 Å². The van der Waals surface area contributed by atoms with Gasteiger partial charge in [-0.2, -0.15) is 13.2 Å². The minimum atomic E-state index is -4.45. The molecule has 2 nitrogen and oxygen atoms in total. The predicted octanol–water partition coefficient (Wildman–Crippen LogP) is 3.04. The topological polar surface area (TPSA) is 15.3 Å². The third-order valence-corrected chi connectivity index (χ3v) is 3.36. The Morgan fingerprint density at radius 1 is 1.15 bits per heavy atom. The normalized spacial score (nSPS) is 18.4. The van der Waals surface area contributed by atoms with Crippen LogP contribution in [0.5, 0.6) is 0 Å². The van der Waals surface area contributed by atoms with Crippen LogP contribution in [0.1, 0.15) is 17.2 Å². The van der Waals surface area contributed by atoms with Gasteiger partial charge in [0.05, 0.1) is 11.6 Å². The lowest BCUT2D eigenvalue weighted by atomic mass is 9.99. The molecule has 1 aromatic rings. The summed E-state index contributed by atoms with van der Waals surface area (Å²) in [5, 5.41) is 3.10. The molecule has 1 fully saturated rings. The lowest BCUT2D eigenvalue weighted by Gasteiger charge is -2.34. The molecule has 114 valence electrons. The maximum Gasteiger partial charge on any atom is 0.416 e. The van der Waals surface area contributed by atoms with Crippen LogP contribution in [0.3, 0.4) is 0 Å². The standard InChI is InChI=1S/C13H16F4N2.ClH/c14-9-12(19-7-5-18-6-8-19)10-3-1-2-4-11(10)13(15,16)17;/h1-4,12,18H,5-9H2;1H/t12-;/m1./s1. The van der Waals surface area contributed by atoms with E-state index in [1.807, 2.05) is 0 Å². The van der Waals surface area contributed by atoms with Crippen molar-refractivity contribution in [3.05, 3.63) is 35.4 Å². The molecule has 0 radical (unpaired) electrons. The summed E-state index contributed by atoms with van der Waals surface area (Å²) in [7, 11) is 0. The number of benzene rings is 1. The van der Waals surface area contributed by atoms with E-state index < -0.39 is 24.5 Å². The molecule has 1 aliphatic heterocycles. The van der Waals surface area contributed by atoms with Gasteiger partial charge in [-0.15, -0.1) is 12.4 Å². The number of hydrogen-bond donors (Lipinski definition) is 1. The maximum atomic E-state index is 13.3. The Hall–Kier alpha value is -0.850. The summed E-state index contributed by atoms with van der Waals surface area (Å²) in [6, 6.07) is 4.42. The molecule has 1 aliphatic rings. The fourth-order valence-corrected chi connectivity index (χ4v) is 2.42. The molecular weight excluding hydrogens is 296 g/mol. The van der Waals surface area contributed by atoms with Gasteiger partial charge in [0.25, 0.3) is 0 Å². The zero-order valence-electron chi connectivity index (χ0n) is 10.8. The summed E-state index contributed by atoms with van der Waals surface area (Å²) >= 11 is 0. The molecule has 2 rings (SSSR count). The summed E-state index contributed by atoms with van der Waals surface area (Å²) in [6.45, 7) is 1.64. The minimum Gasteiger partial charge on any atom is -0.314 e. The highest BCUT2D eigenvalue weighted by Gasteiger charge is 2.36. The predicted molar refractivity (Wildman–Crippen MR) is 71.9 cm³/mol. The number of nitrogens with one attached hydrogen (secondary N) is 1. The zero-order valence-corrected chi connectivity index (χ0v) is 11.6. The molecule has 1 aromatic carbocycles. The number of halogens is 5. The molecule has 0 aromatic heterocycles. The van der Waals surface area contributed by atoms with Gasteiger partial charge >= 0.3 is 6.18 Å². The van der Waals surface area contributed by atoms with Gasteiger partial charge in [-0.05, 0) is 11.6 Å². The molecule has 0 unspecified atom stereocenters. The summed E-state index contributed by atoms with van der Waals surface area (Å²) < 4.78 is 52.1. The highest BCUT2D eigenvalue weighted by atomic mass is 35.5. The number of rotatable bonds is 3. The molecule has 0 aliphatic carbocycles. The molecule has 0 bridgehead atoms. The van der Waals surface area contributed by atoms with Crippen molar-refractivity contribution in [3.63, 3.8) is 0 Å². The van der Waals surface area contributed by atoms with Crippen molar-refractivity contribution in [1.82, 2.24) is 10.2 Å². The highest BCUT2D eigenvalue weighted by molar-refractivity contribution is 5.85. The summed E-state index contributed by atoms with van der Waals surface area (Å²) in [5.41, 5.74) is -0.712. The van der Waals surface area contributed by atoms with Gasteiger partial charge in [0.1, 0.15) is 6.67 Å². The summed E-state index contributed by atoms with van der Waals surface area (Å²) in [4.78, 5) is 1.76. The van der Waals surface area contributed by atoms with Gasteiger partial charge in [-0.3, -0.25) is 4.90 Å². The van der Waals surface area contributed by atoms with Crippen LogP contribution in [0.15, 0.2) is 24.3 Å². The van der Waals surface area contributed by atoms with Gasteiger partial charge in [0.2, 0.25) is 0 Å².